The van der Waals surface area contributed by atoms with Gasteiger partial charge in [0.05, 0.1) is 31.4 Å². The summed E-state index contributed by atoms with van der Waals surface area (Å²) in [6.45, 7) is 6.03. The van der Waals surface area contributed by atoms with Gasteiger partial charge in [-0.15, -0.1) is 0 Å². The summed E-state index contributed by atoms with van der Waals surface area (Å²) in [6.07, 6.45) is 6.48. The van der Waals surface area contributed by atoms with E-state index in [0.29, 0.717) is 34.7 Å². The van der Waals surface area contributed by atoms with Gasteiger partial charge in [-0.05, 0) is 50.3 Å². The van der Waals surface area contributed by atoms with Crippen LogP contribution in [0.2, 0.25) is 0 Å². The number of rotatable bonds is 11. The van der Waals surface area contributed by atoms with Crippen LogP contribution in [0.1, 0.15) is 68.7 Å². The molecule has 1 N–H and O–H groups in total. The predicted molar refractivity (Wildman–Crippen MR) is 160 cm³/mol. The minimum absolute atomic E-state index is 0.00626. The van der Waals surface area contributed by atoms with Gasteiger partial charge in [-0.3, -0.25) is 14.7 Å². The zero-order valence-corrected chi connectivity index (χ0v) is 25.6. The largest absolute Gasteiger partial charge is 0.493 e. The number of ether oxygens (including phenoxy) is 2. The van der Waals surface area contributed by atoms with Gasteiger partial charge in [-0.2, -0.15) is 0 Å². The summed E-state index contributed by atoms with van der Waals surface area (Å²) in [5.41, 5.74) is 2.62. The van der Waals surface area contributed by atoms with Gasteiger partial charge in [-0.1, -0.05) is 55.6 Å². The molecule has 1 spiro atoms. The number of aliphatic imine (C=N–C) groups is 1. The Kier molecular flexibility index (Phi) is 8.32. The number of aromatic nitrogens is 1. The Balaban J connectivity index is 1.47. The van der Waals surface area contributed by atoms with Crippen LogP contribution in [0.5, 0.6) is 11.5 Å². The first-order valence-corrected chi connectivity index (χ1v) is 15.8. The van der Waals surface area contributed by atoms with Crippen molar-refractivity contribution in [3.05, 3.63) is 53.2 Å². The van der Waals surface area contributed by atoms with Crippen LogP contribution in [0, 0.1) is 13.8 Å². The average molecular weight is 595 g/mol. The number of hydrogen-bond donors (Lipinski definition) is 1. The highest BCUT2D eigenvalue weighted by molar-refractivity contribution is 7.92. The Morgan fingerprint density at radius 2 is 1.71 bits per heavy atom. The maximum Gasteiger partial charge on any atom is 0.265 e. The molecule has 0 bridgehead atoms. The number of methoxy groups -OCH3 is 2. The number of benzene rings is 2. The van der Waals surface area contributed by atoms with Crippen molar-refractivity contribution in [2.24, 2.45) is 4.99 Å². The average Bonchev–Trinajstić information content (AvgIpc) is 3.66. The number of carbonyl (C=O) groups excluding carboxylic acids is 1. The third-order valence-electron chi connectivity index (χ3n) is 8.25. The number of carbonyl (C=O) groups is 1. The molecule has 1 aliphatic heterocycles. The summed E-state index contributed by atoms with van der Waals surface area (Å²) >= 11 is 0. The lowest BCUT2D eigenvalue weighted by Gasteiger charge is -2.23. The van der Waals surface area contributed by atoms with Crippen molar-refractivity contribution in [1.29, 1.82) is 0 Å². The highest BCUT2D eigenvalue weighted by Gasteiger charge is 2.49. The second kappa shape index (κ2) is 11.8. The Hall–Kier alpha value is -3.86. The normalized spacial score (nSPS) is 16.3. The number of anilines is 1. The van der Waals surface area contributed by atoms with Crippen molar-refractivity contribution in [3.63, 3.8) is 0 Å². The predicted octanol–water partition coefficient (Wildman–Crippen LogP) is 6.02. The second-order valence-corrected chi connectivity index (χ2v) is 12.6. The number of amides is 1. The van der Waals surface area contributed by atoms with Crippen molar-refractivity contribution >= 4 is 27.7 Å². The maximum atomic E-state index is 13.7. The lowest BCUT2D eigenvalue weighted by Crippen LogP contribution is -2.40. The Morgan fingerprint density at radius 1 is 1.05 bits per heavy atom. The van der Waals surface area contributed by atoms with E-state index in [4.69, 9.17) is 19.0 Å². The number of amidine groups is 1. The van der Waals surface area contributed by atoms with Gasteiger partial charge in [0, 0.05) is 23.6 Å². The fourth-order valence-corrected chi connectivity index (χ4v) is 6.94. The number of aryl methyl sites for hydroxylation is 1. The second-order valence-electron chi connectivity index (χ2n) is 11.0. The lowest BCUT2D eigenvalue weighted by atomic mass is 9.98. The molecule has 0 unspecified atom stereocenters. The van der Waals surface area contributed by atoms with E-state index in [0.717, 1.165) is 56.3 Å². The summed E-state index contributed by atoms with van der Waals surface area (Å²) in [7, 11) is -1.16. The highest BCUT2D eigenvalue weighted by atomic mass is 32.2. The number of nitrogens with one attached hydrogen (secondary N) is 1. The molecule has 3 aromatic rings. The van der Waals surface area contributed by atoms with E-state index in [1.165, 1.54) is 20.3 Å². The zero-order valence-electron chi connectivity index (χ0n) is 24.8. The Labute approximate surface area is 247 Å². The fourth-order valence-electron chi connectivity index (χ4n) is 5.67. The monoisotopic (exact) mass is 594 g/mol. The molecule has 10 nitrogen and oxygen atoms in total. The first-order valence-electron chi connectivity index (χ1n) is 14.3. The molecule has 2 aliphatic rings. The SMILES string of the molecule is CCCCC1=NC2(CCCC2)C(=O)N1Cc1ccc(-c2cc(OC)c(OC)cc2S(=O)(=O)Nc2onc(C)c2C)cc1. The van der Waals surface area contributed by atoms with Gasteiger partial charge >= 0.3 is 0 Å². The first kappa shape index (κ1) is 29.6. The van der Waals surface area contributed by atoms with Crippen LogP contribution in [0.25, 0.3) is 11.1 Å². The van der Waals surface area contributed by atoms with Crippen molar-refractivity contribution in [2.45, 2.75) is 82.7 Å². The van der Waals surface area contributed by atoms with Gasteiger partial charge in [0.2, 0.25) is 5.88 Å². The van der Waals surface area contributed by atoms with Crippen LogP contribution in [-0.2, 0) is 21.4 Å². The minimum atomic E-state index is -4.11. The molecule has 0 radical (unpaired) electrons. The quantitative estimate of drug-likeness (QED) is 0.288. The summed E-state index contributed by atoms with van der Waals surface area (Å²) in [5.74, 6) is 1.71. The minimum Gasteiger partial charge on any atom is -0.493 e. The van der Waals surface area contributed by atoms with E-state index in [2.05, 4.69) is 16.8 Å². The van der Waals surface area contributed by atoms with Gasteiger partial charge in [0.25, 0.3) is 15.9 Å². The summed E-state index contributed by atoms with van der Waals surface area (Å²) in [5, 5.41) is 3.85. The summed E-state index contributed by atoms with van der Waals surface area (Å²) in [6, 6.07) is 10.6. The third kappa shape index (κ3) is 5.49. The highest BCUT2D eigenvalue weighted by Crippen LogP contribution is 2.41. The smallest absolute Gasteiger partial charge is 0.265 e. The Bertz CT molecular complexity index is 1600. The molecule has 2 aromatic carbocycles. The van der Waals surface area contributed by atoms with E-state index in [-0.39, 0.29) is 22.4 Å². The zero-order chi connectivity index (χ0) is 30.1. The van der Waals surface area contributed by atoms with E-state index in [1.807, 2.05) is 29.2 Å². The third-order valence-corrected chi connectivity index (χ3v) is 9.62. The molecule has 224 valence electrons. The van der Waals surface area contributed by atoms with Crippen LogP contribution in [-0.4, -0.2) is 50.0 Å². The van der Waals surface area contributed by atoms with Gasteiger partial charge in [0.1, 0.15) is 11.4 Å². The number of sulfonamides is 1. The van der Waals surface area contributed by atoms with Crippen molar-refractivity contribution in [1.82, 2.24) is 10.1 Å². The summed E-state index contributed by atoms with van der Waals surface area (Å²) in [4.78, 5) is 20.4. The molecule has 1 aromatic heterocycles. The number of nitrogens with zero attached hydrogens (tertiary/aromatic N) is 3. The molecule has 1 aliphatic carbocycles. The number of unbranched alkanes of at least 4 members (excludes halogenated alkanes) is 1. The van der Waals surface area contributed by atoms with Crippen LogP contribution < -0.4 is 14.2 Å². The van der Waals surface area contributed by atoms with Gasteiger partial charge < -0.3 is 14.0 Å². The van der Waals surface area contributed by atoms with Crippen molar-refractivity contribution in [2.75, 3.05) is 18.9 Å². The molecule has 1 fully saturated rings. The molecule has 5 rings (SSSR count). The maximum absolute atomic E-state index is 13.7. The van der Waals surface area contributed by atoms with Crippen molar-refractivity contribution < 1.29 is 27.2 Å². The molecule has 0 atom stereocenters. The van der Waals surface area contributed by atoms with Crippen LogP contribution in [0.3, 0.4) is 0 Å². The van der Waals surface area contributed by atoms with Crippen LogP contribution in [0.4, 0.5) is 5.88 Å². The summed E-state index contributed by atoms with van der Waals surface area (Å²) < 4.78 is 46.0. The molecule has 1 amide bonds. The topological polar surface area (TPSA) is 123 Å². The van der Waals surface area contributed by atoms with E-state index in [1.54, 1.807) is 19.9 Å². The van der Waals surface area contributed by atoms with Crippen molar-refractivity contribution in [3.8, 4) is 22.6 Å². The van der Waals surface area contributed by atoms with E-state index in [9.17, 15) is 13.2 Å². The molecule has 2 heterocycles. The fraction of sp³-hybridized carbons (Fsp3) is 0.452. The molecule has 42 heavy (non-hydrogen) atoms. The molecule has 1 saturated carbocycles. The molecule has 0 saturated heterocycles. The Morgan fingerprint density at radius 3 is 2.31 bits per heavy atom. The van der Waals surface area contributed by atoms with Crippen LogP contribution in [0.15, 0.2) is 50.8 Å². The first-order chi connectivity index (χ1) is 20.1. The number of hydrogen-bond acceptors (Lipinski definition) is 8. The van der Waals surface area contributed by atoms with E-state index >= 15 is 0 Å². The lowest BCUT2D eigenvalue weighted by molar-refractivity contribution is -0.131. The van der Waals surface area contributed by atoms with Crippen LogP contribution >= 0.6 is 0 Å². The standard InChI is InChI=1S/C31H38N4O6S/c1-6-7-10-28-32-31(15-8-9-16-31)30(36)35(28)19-22-11-13-23(14-12-22)24-17-25(39-4)26(40-5)18-27(24)42(37,38)34-29-20(2)21(3)33-41-29/h11-14,17-18,34H,6-10,15-16,19H2,1-5H3. The molecular formula is C31H38N4O6S. The van der Waals surface area contributed by atoms with Gasteiger partial charge in [-0.25, -0.2) is 13.1 Å². The molecule has 11 heteroatoms. The molecular weight excluding hydrogens is 556 g/mol. The van der Waals surface area contributed by atoms with Gasteiger partial charge in [0.15, 0.2) is 11.5 Å². The van der Waals surface area contributed by atoms with E-state index < -0.39 is 15.6 Å².